The van der Waals surface area contributed by atoms with Gasteiger partial charge in [-0.05, 0) is 24.3 Å². The molecule has 0 aliphatic rings. The van der Waals surface area contributed by atoms with E-state index in [9.17, 15) is 22.4 Å². The van der Waals surface area contributed by atoms with Crippen molar-refractivity contribution in [2.24, 2.45) is 5.10 Å². The van der Waals surface area contributed by atoms with E-state index in [0.29, 0.717) is 0 Å². The molecule has 0 aliphatic carbocycles. The molecule has 3 aromatic rings. The molecule has 0 spiro atoms. The summed E-state index contributed by atoms with van der Waals surface area (Å²) in [5, 5.41) is 3.63. The number of nitrogens with one attached hydrogen (secondary N) is 1. The Balaban J connectivity index is 1.81. The number of halogens is 5. The van der Waals surface area contributed by atoms with Gasteiger partial charge in [0.2, 0.25) is 5.82 Å². The molecule has 0 bridgehead atoms. The monoisotopic (exact) mass is 398 g/mol. The Morgan fingerprint density at radius 2 is 1.96 bits per heavy atom. The van der Waals surface area contributed by atoms with Crippen LogP contribution in [0.1, 0.15) is 11.4 Å². The van der Waals surface area contributed by atoms with E-state index in [1.807, 2.05) is 0 Å². The van der Waals surface area contributed by atoms with Crippen molar-refractivity contribution in [2.75, 3.05) is 0 Å². The Morgan fingerprint density at radius 1 is 1.22 bits per heavy atom. The highest BCUT2D eigenvalue weighted by molar-refractivity contribution is 6.33. The lowest BCUT2D eigenvalue weighted by molar-refractivity contribution is -0.147. The Morgan fingerprint density at radius 3 is 2.67 bits per heavy atom. The number of amides is 1. The first-order chi connectivity index (χ1) is 12.8. The minimum atomic E-state index is -4.73. The van der Waals surface area contributed by atoms with Gasteiger partial charge in [-0.25, -0.2) is 14.8 Å². The number of alkyl halides is 3. The van der Waals surface area contributed by atoms with Crippen LogP contribution in [0.5, 0.6) is 0 Å². The predicted octanol–water partition coefficient (Wildman–Crippen LogP) is 4.00. The van der Waals surface area contributed by atoms with Crippen LogP contribution in [0.4, 0.5) is 17.6 Å². The molecule has 1 N–H and O–H groups in total. The fourth-order valence-electron chi connectivity index (χ4n) is 2.43. The fourth-order valence-corrected chi connectivity index (χ4v) is 2.65. The maximum absolute atomic E-state index is 13.6. The van der Waals surface area contributed by atoms with E-state index in [-0.39, 0.29) is 21.6 Å². The molecular formula is C17H11ClF4N4O. The summed E-state index contributed by atoms with van der Waals surface area (Å²) in [6.45, 7) is -0.669. The highest BCUT2D eigenvalue weighted by Gasteiger charge is 2.37. The molecule has 0 atom stereocenters. The van der Waals surface area contributed by atoms with Gasteiger partial charge in [-0.3, -0.25) is 4.79 Å². The standard InChI is InChI=1S/C17H11ClF4N4O/c18-11-4-3-5-12(19)10(11)8-23-25-15(27)9-26-14-7-2-1-6-13(14)24-16(26)17(20,21)22/h1-8H,9H2,(H,25,27). The van der Waals surface area contributed by atoms with Crippen molar-refractivity contribution in [3.63, 3.8) is 0 Å². The number of hydrazone groups is 1. The van der Waals surface area contributed by atoms with Gasteiger partial charge in [0.25, 0.3) is 5.91 Å². The molecule has 140 valence electrons. The van der Waals surface area contributed by atoms with Crippen molar-refractivity contribution in [1.82, 2.24) is 15.0 Å². The molecule has 5 nitrogen and oxygen atoms in total. The second-order valence-electron chi connectivity index (χ2n) is 5.44. The number of benzene rings is 2. The minimum Gasteiger partial charge on any atom is -0.311 e. The van der Waals surface area contributed by atoms with Crippen molar-refractivity contribution in [3.05, 3.63) is 64.7 Å². The number of aromatic nitrogens is 2. The lowest BCUT2D eigenvalue weighted by Crippen LogP contribution is -2.26. The van der Waals surface area contributed by atoms with E-state index < -0.39 is 30.3 Å². The maximum Gasteiger partial charge on any atom is 0.449 e. The molecule has 0 fully saturated rings. The molecular weight excluding hydrogens is 388 g/mol. The van der Waals surface area contributed by atoms with Crippen LogP contribution in [0.2, 0.25) is 5.02 Å². The Hall–Kier alpha value is -2.94. The smallest absolute Gasteiger partial charge is 0.311 e. The van der Waals surface area contributed by atoms with E-state index in [4.69, 9.17) is 11.6 Å². The van der Waals surface area contributed by atoms with Crippen LogP contribution in [-0.2, 0) is 17.5 Å². The molecule has 27 heavy (non-hydrogen) atoms. The first-order valence-electron chi connectivity index (χ1n) is 7.56. The Kier molecular flexibility index (Phi) is 5.13. The average Bonchev–Trinajstić information content (AvgIpc) is 2.96. The highest BCUT2D eigenvalue weighted by Crippen LogP contribution is 2.31. The summed E-state index contributed by atoms with van der Waals surface area (Å²) in [5.74, 6) is -2.69. The molecule has 0 radical (unpaired) electrons. The molecule has 0 unspecified atom stereocenters. The topological polar surface area (TPSA) is 59.3 Å². The lowest BCUT2D eigenvalue weighted by atomic mass is 10.2. The number of rotatable bonds is 4. The van der Waals surface area contributed by atoms with Gasteiger partial charge in [-0.15, -0.1) is 0 Å². The van der Waals surface area contributed by atoms with E-state index in [1.54, 1.807) is 6.07 Å². The molecule has 0 aliphatic heterocycles. The third kappa shape index (κ3) is 4.08. The van der Waals surface area contributed by atoms with Crippen molar-refractivity contribution >= 4 is 34.8 Å². The minimum absolute atomic E-state index is 0.0523. The summed E-state index contributed by atoms with van der Waals surface area (Å²) in [4.78, 5) is 15.6. The van der Waals surface area contributed by atoms with Gasteiger partial charge >= 0.3 is 6.18 Å². The molecule has 1 heterocycles. The van der Waals surface area contributed by atoms with E-state index in [0.717, 1.165) is 16.8 Å². The zero-order valence-corrected chi connectivity index (χ0v) is 14.2. The van der Waals surface area contributed by atoms with Gasteiger partial charge < -0.3 is 4.57 Å². The Labute approximate surface area is 155 Å². The van der Waals surface area contributed by atoms with Gasteiger partial charge in [-0.2, -0.15) is 18.3 Å². The number of hydrogen-bond donors (Lipinski definition) is 1. The molecule has 3 rings (SSSR count). The van der Waals surface area contributed by atoms with Crippen LogP contribution in [0, 0.1) is 5.82 Å². The van der Waals surface area contributed by atoms with Gasteiger partial charge in [0.1, 0.15) is 12.4 Å². The zero-order chi connectivity index (χ0) is 19.6. The quantitative estimate of drug-likeness (QED) is 0.410. The largest absolute Gasteiger partial charge is 0.449 e. The van der Waals surface area contributed by atoms with E-state index in [1.165, 1.54) is 30.3 Å². The number of carbonyl (C=O) groups excluding carboxylic acids is 1. The summed E-state index contributed by atoms with van der Waals surface area (Å²) >= 11 is 5.81. The van der Waals surface area contributed by atoms with Crippen LogP contribution in [-0.4, -0.2) is 21.7 Å². The number of para-hydroxylation sites is 2. The van der Waals surface area contributed by atoms with Crippen molar-refractivity contribution in [1.29, 1.82) is 0 Å². The molecule has 10 heteroatoms. The van der Waals surface area contributed by atoms with Crippen LogP contribution in [0.25, 0.3) is 11.0 Å². The Bertz CT molecular complexity index is 1010. The number of fused-ring (bicyclic) bond motifs is 1. The fraction of sp³-hybridized carbons (Fsp3) is 0.118. The average molecular weight is 399 g/mol. The van der Waals surface area contributed by atoms with Crippen molar-refractivity contribution in [2.45, 2.75) is 12.7 Å². The molecule has 1 aromatic heterocycles. The van der Waals surface area contributed by atoms with Gasteiger partial charge in [0, 0.05) is 5.56 Å². The third-order valence-electron chi connectivity index (χ3n) is 3.59. The first-order valence-corrected chi connectivity index (χ1v) is 7.93. The number of nitrogens with zero attached hydrogens (tertiary/aromatic N) is 3. The summed E-state index contributed by atoms with van der Waals surface area (Å²) in [7, 11) is 0. The number of imidazole rings is 1. The van der Waals surface area contributed by atoms with E-state index >= 15 is 0 Å². The second kappa shape index (κ2) is 7.36. The van der Waals surface area contributed by atoms with Gasteiger partial charge in [-0.1, -0.05) is 29.8 Å². The molecule has 1 amide bonds. The van der Waals surface area contributed by atoms with E-state index in [2.05, 4.69) is 15.5 Å². The number of hydrogen-bond acceptors (Lipinski definition) is 3. The summed E-state index contributed by atoms with van der Waals surface area (Å²) in [6, 6.07) is 9.91. The molecule has 0 saturated carbocycles. The SMILES string of the molecule is O=C(Cn1c(C(F)(F)F)nc2ccccc21)NN=Cc1c(F)cccc1Cl. The lowest BCUT2D eigenvalue weighted by Gasteiger charge is -2.10. The highest BCUT2D eigenvalue weighted by atomic mass is 35.5. The first kappa shape index (κ1) is 18.8. The van der Waals surface area contributed by atoms with Crippen LogP contribution >= 0.6 is 11.6 Å². The number of carbonyl (C=O) groups is 1. The molecule has 0 saturated heterocycles. The normalized spacial score (nSPS) is 12.0. The maximum atomic E-state index is 13.6. The molecule has 2 aromatic carbocycles. The zero-order valence-electron chi connectivity index (χ0n) is 13.5. The summed E-state index contributed by atoms with van der Waals surface area (Å²) in [6.07, 6.45) is -3.75. The summed E-state index contributed by atoms with van der Waals surface area (Å²) < 4.78 is 54.0. The predicted molar refractivity (Wildman–Crippen MR) is 91.9 cm³/mol. The third-order valence-corrected chi connectivity index (χ3v) is 3.92. The van der Waals surface area contributed by atoms with Crippen LogP contribution < -0.4 is 5.43 Å². The van der Waals surface area contributed by atoms with Gasteiger partial charge in [0.15, 0.2) is 0 Å². The van der Waals surface area contributed by atoms with Crippen LogP contribution in [0.15, 0.2) is 47.6 Å². The van der Waals surface area contributed by atoms with Crippen LogP contribution in [0.3, 0.4) is 0 Å². The second-order valence-corrected chi connectivity index (χ2v) is 5.84. The van der Waals surface area contributed by atoms with Crippen molar-refractivity contribution < 1.29 is 22.4 Å². The van der Waals surface area contributed by atoms with Gasteiger partial charge in [0.05, 0.1) is 22.3 Å². The summed E-state index contributed by atoms with van der Waals surface area (Å²) in [5.41, 5.74) is 2.27. The van der Waals surface area contributed by atoms with Crippen molar-refractivity contribution in [3.8, 4) is 0 Å².